The van der Waals surface area contributed by atoms with Crippen LogP contribution in [-0.2, 0) is 20.0 Å². The SMILES string of the molecule is CCCCCC[n+]1cc(CCC)n(C)c1. The molecule has 0 aliphatic carbocycles. The van der Waals surface area contributed by atoms with E-state index in [1.54, 1.807) is 0 Å². The Kier molecular flexibility index (Phi) is 5.44. The van der Waals surface area contributed by atoms with Gasteiger partial charge in [-0.3, -0.25) is 0 Å². The number of imidazole rings is 1. The topological polar surface area (TPSA) is 8.81 Å². The molecule has 1 aromatic rings. The Morgan fingerprint density at radius 2 is 1.93 bits per heavy atom. The number of aryl methyl sites for hydroxylation is 3. The molecule has 1 rings (SSSR count). The van der Waals surface area contributed by atoms with Crippen LogP contribution in [0.5, 0.6) is 0 Å². The van der Waals surface area contributed by atoms with Crippen molar-refractivity contribution in [1.82, 2.24) is 4.57 Å². The van der Waals surface area contributed by atoms with Gasteiger partial charge in [-0.25, -0.2) is 9.13 Å². The van der Waals surface area contributed by atoms with Gasteiger partial charge in [-0.15, -0.1) is 0 Å². The lowest BCUT2D eigenvalue weighted by atomic mass is 10.2. The largest absolute Gasteiger partial charge is 0.243 e. The summed E-state index contributed by atoms with van der Waals surface area (Å²) >= 11 is 0. The number of hydrogen-bond donors (Lipinski definition) is 0. The average Bonchev–Trinajstić information content (AvgIpc) is 2.55. The molecular formula is C13H25N2+. The molecule has 0 aliphatic heterocycles. The van der Waals surface area contributed by atoms with E-state index in [1.807, 2.05) is 0 Å². The highest BCUT2D eigenvalue weighted by Crippen LogP contribution is 2.01. The van der Waals surface area contributed by atoms with Crippen LogP contribution in [0, 0.1) is 0 Å². The van der Waals surface area contributed by atoms with E-state index in [4.69, 9.17) is 0 Å². The average molecular weight is 209 g/mol. The van der Waals surface area contributed by atoms with Crippen molar-refractivity contribution in [3.05, 3.63) is 18.2 Å². The van der Waals surface area contributed by atoms with Gasteiger partial charge in [-0.1, -0.05) is 26.7 Å². The Labute approximate surface area is 93.9 Å². The summed E-state index contributed by atoms with van der Waals surface area (Å²) in [4.78, 5) is 0. The summed E-state index contributed by atoms with van der Waals surface area (Å²) < 4.78 is 4.59. The number of aromatic nitrogens is 2. The lowest BCUT2D eigenvalue weighted by molar-refractivity contribution is -0.697. The number of nitrogens with zero attached hydrogens (tertiary/aromatic N) is 2. The van der Waals surface area contributed by atoms with Crippen LogP contribution >= 0.6 is 0 Å². The first-order valence-electron chi connectivity index (χ1n) is 6.32. The van der Waals surface area contributed by atoms with Gasteiger partial charge in [0.1, 0.15) is 11.9 Å². The summed E-state index contributed by atoms with van der Waals surface area (Å²) in [6.45, 7) is 5.67. The lowest BCUT2D eigenvalue weighted by Crippen LogP contribution is -2.30. The van der Waals surface area contributed by atoms with Crippen molar-refractivity contribution in [2.45, 2.75) is 58.9 Å². The van der Waals surface area contributed by atoms with Gasteiger partial charge in [-0.2, -0.15) is 0 Å². The Hall–Kier alpha value is -0.790. The fourth-order valence-corrected chi connectivity index (χ4v) is 1.95. The molecule has 0 saturated heterocycles. The molecule has 0 bridgehead atoms. The van der Waals surface area contributed by atoms with Crippen LogP contribution in [0.15, 0.2) is 12.5 Å². The Morgan fingerprint density at radius 1 is 1.13 bits per heavy atom. The zero-order valence-corrected chi connectivity index (χ0v) is 10.5. The van der Waals surface area contributed by atoms with Crippen molar-refractivity contribution in [2.24, 2.45) is 7.05 Å². The molecular weight excluding hydrogens is 184 g/mol. The van der Waals surface area contributed by atoms with Crippen LogP contribution in [0.3, 0.4) is 0 Å². The molecule has 0 radical (unpaired) electrons. The molecule has 0 atom stereocenters. The maximum Gasteiger partial charge on any atom is 0.243 e. The summed E-state index contributed by atoms with van der Waals surface area (Å²) in [5, 5.41) is 0. The van der Waals surface area contributed by atoms with Crippen LogP contribution in [-0.4, -0.2) is 4.57 Å². The van der Waals surface area contributed by atoms with Crippen molar-refractivity contribution in [2.75, 3.05) is 0 Å². The molecule has 1 heterocycles. The third-order valence-corrected chi connectivity index (χ3v) is 2.87. The number of hydrogen-bond acceptors (Lipinski definition) is 0. The van der Waals surface area contributed by atoms with E-state index >= 15 is 0 Å². The molecule has 0 aliphatic rings. The van der Waals surface area contributed by atoms with E-state index < -0.39 is 0 Å². The first kappa shape index (κ1) is 12.3. The quantitative estimate of drug-likeness (QED) is 0.482. The smallest absolute Gasteiger partial charge is 0.237 e. The Balaban J connectivity index is 2.37. The van der Waals surface area contributed by atoms with Gasteiger partial charge in [0, 0.05) is 6.42 Å². The van der Waals surface area contributed by atoms with Gasteiger partial charge in [0.05, 0.1) is 13.6 Å². The van der Waals surface area contributed by atoms with E-state index in [0.29, 0.717) is 0 Å². The summed E-state index contributed by atoms with van der Waals surface area (Å²) in [7, 11) is 2.15. The van der Waals surface area contributed by atoms with Gasteiger partial charge in [0.2, 0.25) is 6.33 Å². The predicted molar refractivity (Wildman–Crippen MR) is 63.7 cm³/mol. The first-order valence-corrected chi connectivity index (χ1v) is 6.32. The molecule has 2 nitrogen and oxygen atoms in total. The molecule has 0 unspecified atom stereocenters. The molecule has 2 heteroatoms. The van der Waals surface area contributed by atoms with E-state index in [-0.39, 0.29) is 0 Å². The molecule has 0 aromatic carbocycles. The molecule has 1 aromatic heterocycles. The summed E-state index contributed by atoms with van der Waals surface area (Å²) in [5.41, 5.74) is 1.45. The minimum atomic E-state index is 1.18. The molecule has 15 heavy (non-hydrogen) atoms. The first-order chi connectivity index (χ1) is 7.27. The molecule has 0 saturated carbocycles. The van der Waals surface area contributed by atoms with E-state index in [9.17, 15) is 0 Å². The number of unbranched alkanes of at least 4 members (excludes halogenated alkanes) is 3. The van der Waals surface area contributed by atoms with Crippen LogP contribution in [0.2, 0.25) is 0 Å². The van der Waals surface area contributed by atoms with Crippen LogP contribution in [0.4, 0.5) is 0 Å². The van der Waals surface area contributed by atoms with Crippen molar-refractivity contribution in [3.63, 3.8) is 0 Å². The molecule has 0 amide bonds. The number of rotatable bonds is 7. The predicted octanol–water partition coefficient (Wildman–Crippen LogP) is 2.85. The maximum atomic E-state index is 2.33. The van der Waals surface area contributed by atoms with Gasteiger partial charge in [0.25, 0.3) is 0 Å². The fourth-order valence-electron chi connectivity index (χ4n) is 1.95. The third kappa shape index (κ3) is 4.06. The molecule has 0 N–H and O–H groups in total. The Morgan fingerprint density at radius 3 is 2.60 bits per heavy atom. The van der Waals surface area contributed by atoms with E-state index in [1.165, 1.54) is 50.8 Å². The van der Waals surface area contributed by atoms with Gasteiger partial charge < -0.3 is 0 Å². The highest BCUT2D eigenvalue weighted by atomic mass is 15.1. The van der Waals surface area contributed by atoms with E-state index in [0.717, 1.165) is 0 Å². The zero-order chi connectivity index (χ0) is 11.1. The van der Waals surface area contributed by atoms with Crippen LogP contribution in [0.25, 0.3) is 0 Å². The van der Waals surface area contributed by atoms with Crippen molar-refractivity contribution in [3.8, 4) is 0 Å². The standard InChI is InChI=1S/C13H25N2/c1-4-6-7-8-10-15-11-13(9-5-2)14(3)12-15/h11-12H,4-10H2,1-3H3/q+1. The van der Waals surface area contributed by atoms with Crippen molar-refractivity contribution in [1.29, 1.82) is 0 Å². The molecule has 0 spiro atoms. The summed E-state index contributed by atoms with van der Waals surface area (Å²) in [6, 6.07) is 0. The second-order valence-corrected chi connectivity index (χ2v) is 4.40. The van der Waals surface area contributed by atoms with Crippen molar-refractivity contribution < 1.29 is 4.57 Å². The van der Waals surface area contributed by atoms with Crippen molar-refractivity contribution >= 4 is 0 Å². The molecule has 0 fully saturated rings. The van der Waals surface area contributed by atoms with Crippen LogP contribution < -0.4 is 4.57 Å². The zero-order valence-electron chi connectivity index (χ0n) is 10.5. The summed E-state index contributed by atoms with van der Waals surface area (Å²) in [6.07, 6.45) is 12.3. The fraction of sp³-hybridized carbons (Fsp3) is 0.769. The minimum absolute atomic E-state index is 1.18. The summed E-state index contributed by atoms with van der Waals surface area (Å²) in [5.74, 6) is 0. The second-order valence-electron chi connectivity index (χ2n) is 4.40. The lowest BCUT2D eigenvalue weighted by Gasteiger charge is -1.95. The highest BCUT2D eigenvalue weighted by Gasteiger charge is 2.08. The normalized spacial score (nSPS) is 10.9. The van der Waals surface area contributed by atoms with E-state index in [2.05, 4.69) is 42.6 Å². The highest BCUT2D eigenvalue weighted by molar-refractivity contribution is 4.92. The molecule has 86 valence electrons. The van der Waals surface area contributed by atoms with Crippen LogP contribution in [0.1, 0.15) is 51.6 Å². The van der Waals surface area contributed by atoms with Gasteiger partial charge in [-0.05, 0) is 19.3 Å². The minimum Gasteiger partial charge on any atom is -0.237 e. The van der Waals surface area contributed by atoms with Gasteiger partial charge >= 0.3 is 0 Å². The Bertz CT molecular complexity index is 276. The monoisotopic (exact) mass is 209 g/mol. The van der Waals surface area contributed by atoms with Gasteiger partial charge in [0.15, 0.2) is 0 Å². The maximum absolute atomic E-state index is 2.33. The second kappa shape index (κ2) is 6.65. The third-order valence-electron chi connectivity index (χ3n) is 2.87.